The lowest BCUT2D eigenvalue weighted by atomic mass is 10.2. The molecule has 2 nitrogen and oxygen atoms in total. The van der Waals surface area contributed by atoms with Crippen LogP contribution in [0.15, 0.2) is 42.6 Å². The number of imidazole rings is 1. The summed E-state index contributed by atoms with van der Waals surface area (Å²) < 4.78 is 2.06. The second-order valence-corrected chi connectivity index (χ2v) is 3.34. The lowest BCUT2D eigenvalue weighted by molar-refractivity contribution is 1.22. The zero-order valence-electron chi connectivity index (χ0n) is 7.64. The minimum atomic E-state index is 0.928. The molecule has 0 aliphatic carbocycles. The normalized spacial score (nSPS) is 11.2. The Labute approximate surface area is 81.8 Å². The van der Waals surface area contributed by atoms with E-state index in [0.29, 0.717) is 0 Å². The molecule has 0 aliphatic rings. The highest BCUT2D eigenvalue weighted by molar-refractivity contribution is 5.82. The van der Waals surface area contributed by atoms with Crippen LogP contribution in [-0.2, 0) is 0 Å². The van der Waals surface area contributed by atoms with Crippen molar-refractivity contribution in [1.82, 2.24) is 9.38 Å². The molecule has 1 radical (unpaired) electrons. The first kappa shape index (κ1) is 7.56. The second-order valence-electron chi connectivity index (χ2n) is 3.34. The summed E-state index contributed by atoms with van der Waals surface area (Å²) in [5, 5.41) is 1.21. The molecule has 0 aliphatic heterocycles. The number of pyridine rings is 1. The third kappa shape index (κ3) is 0.880. The highest BCUT2D eigenvalue weighted by atomic mass is 15.0. The van der Waals surface area contributed by atoms with E-state index < -0.39 is 0 Å². The molecular weight excluding hydrogens is 172 g/mol. The van der Waals surface area contributed by atoms with Gasteiger partial charge in [-0.25, -0.2) is 4.98 Å². The lowest BCUT2D eigenvalue weighted by Gasteiger charge is -2.02. The first-order valence-corrected chi connectivity index (χ1v) is 4.53. The average molecular weight is 181 g/mol. The molecule has 67 valence electrons. The molecule has 0 amide bonds. The van der Waals surface area contributed by atoms with Crippen LogP contribution in [0.4, 0.5) is 0 Å². The van der Waals surface area contributed by atoms with Crippen molar-refractivity contribution in [2.24, 2.45) is 0 Å². The van der Waals surface area contributed by atoms with Crippen molar-refractivity contribution >= 4 is 16.6 Å². The van der Waals surface area contributed by atoms with Crippen LogP contribution < -0.4 is 0 Å². The van der Waals surface area contributed by atoms with Crippen molar-refractivity contribution in [1.29, 1.82) is 0 Å². The lowest BCUT2D eigenvalue weighted by Crippen LogP contribution is -1.89. The second kappa shape index (κ2) is 2.58. The molecule has 0 atom stereocenters. The summed E-state index contributed by atoms with van der Waals surface area (Å²) in [6, 6.07) is 12.3. The van der Waals surface area contributed by atoms with E-state index in [1.807, 2.05) is 18.2 Å². The molecule has 0 N–H and O–H groups in total. The maximum absolute atomic E-state index is 4.27. The standard InChI is InChI=1S/C12H9N2/c1-9-8-13-12-7-6-10-4-2-3-5-11(10)14(9)12/h2-8H,1H2. The fraction of sp³-hybridized carbons (Fsp3) is 0. The monoisotopic (exact) mass is 181 g/mol. The van der Waals surface area contributed by atoms with E-state index in [1.165, 1.54) is 5.39 Å². The highest BCUT2D eigenvalue weighted by Crippen LogP contribution is 2.17. The summed E-state index contributed by atoms with van der Waals surface area (Å²) in [6.07, 6.45) is 1.79. The number of rotatable bonds is 0. The third-order valence-corrected chi connectivity index (χ3v) is 2.45. The van der Waals surface area contributed by atoms with Gasteiger partial charge in [-0.3, -0.25) is 4.40 Å². The minimum Gasteiger partial charge on any atom is -0.297 e. The first-order chi connectivity index (χ1) is 6.86. The fourth-order valence-electron chi connectivity index (χ4n) is 1.80. The predicted molar refractivity (Wildman–Crippen MR) is 57.2 cm³/mol. The fourth-order valence-corrected chi connectivity index (χ4v) is 1.80. The molecule has 0 fully saturated rings. The van der Waals surface area contributed by atoms with Gasteiger partial charge in [-0.05, 0) is 30.5 Å². The van der Waals surface area contributed by atoms with E-state index in [2.05, 4.69) is 34.5 Å². The Morgan fingerprint density at radius 1 is 1.07 bits per heavy atom. The minimum absolute atomic E-state index is 0.928. The zero-order chi connectivity index (χ0) is 9.54. The summed E-state index contributed by atoms with van der Waals surface area (Å²) in [5.74, 6) is 0. The van der Waals surface area contributed by atoms with Crippen LogP contribution in [-0.4, -0.2) is 9.38 Å². The van der Waals surface area contributed by atoms with Crippen LogP contribution in [0.3, 0.4) is 0 Å². The Balaban J connectivity index is 2.65. The molecule has 14 heavy (non-hydrogen) atoms. The summed E-state index contributed by atoms with van der Waals surface area (Å²) in [6.45, 7) is 3.96. The van der Waals surface area contributed by atoms with Gasteiger partial charge in [-0.1, -0.05) is 18.2 Å². The van der Waals surface area contributed by atoms with Gasteiger partial charge in [0.15, 0.2) is 0 Å². The van der Waals surface area contributed by atoms with Crippen LogP contribution in [0.2, 0.25) is 0 Å². The van der Waals surface area contributed by atoms with Gasteiger partial charge in [-0.15, -0.1) is 0 Å². The van der Waals surface area contributed by atoms with Crippen LogP contribution in [0.25, 0.3) is 16.6 Å². The highest BCUT2D eigenvalue weighted by Gasteiger charge is 2.01. The number of fused-ring (bicyclic) bond motifs is 3. The van der Waals surface area contributed by atoms with Crippen LogP contribution in [0, 0.1) is 6.92 Å². The molecule has 0 bridgehead atoms. The van der Waals surface area contributed by atoms with E-state index in [1.54, 1.807) is 6.20 Å². The van der Waals surface area contributed by atoms with Crippen molar-refractivity contribution in [3.05, 3.63) is 55.2 Å². The van der Waals surface area contributed by atoms with E-state index in [0.717, 1.165) is 16.9 Å². The molecule has 1 aromatic carbocycles. The SMILES string of the molecule is [CH2]c1cnc2ccc3ccccc3n12. The van der Waals surface area contributed by atoms with E-state index in [-0.39, 0.29) is 0 Å². The molecule has 0 saturated carbocycles. The van der Waals surface area contributed by atoms with Crippen molar-refractivity contribution in [3.8, 4) is 0 Å². The maximum atomic E-state index is 4.27. The molecule has 2 heteroatoms. The summed E-state index contributed by atoms with van der Waals surface area (Å²) in [7, 11) is 0. The summed E-state index contributed by atoms with van der Waals surface area (Å²) >= 11 is 0. The molecule has 3 rings (SSSR count). The number of hydrogen-bond donors (Lipinski definition) is 0. The molecular formula is C12H9N2. The van der Waals surface area contributed by atoms with Gasteiger partial charge in [0.25, 0.3) is 0 Å². The average Bonchev–Trinajstić information content (AvgIpc) is 2.61. The summed E-state index contributed by atoms with van der Waals surface area (Å²) in [5.41, 5.74) is 3.04. The zero-order valence-corrected chi connectivity index (χ0v) is 7.64. The predicted octanol–water partition coefficient (Wildman–Crippen LogP) is 2.67. The van der Waals surface area contributed by atoms with Crippen LogP contribution in [0.1, 0.15) is 5.69 Å². The van der Waals surface area contributed by atoms with Gasteiger partial charge >= 0.3 is 0 Å². The quantitative estimate of drug-likeness (QED) is 0.521. The number of benzene rings is 1. The Morgan fingerprint density at radius 3 is 2.86 bits per heavy atom. The summed E-state index contributed by atoms with van der Waals surface area (Å²) in [4.78, 5) is 4.27. The number of nitrogens with zero attached hydrogens (tertiary/aromatic N) is 2. The largest absolute Gasteiger partial charge is 0.297 e. The molecule has 2 heterocycles. The van der Waals surface area contributed by atoms with Crippen molar-refractivity contribution in [2.75, 3.05) is 0 Å². The van der Waals surface area contributed by atoms with Crippen molar-refractivity contribution < 1.29 is 0 Å². The topological polar surface area (TPSA) is 17.3 Å². The Bertz CT molecular complexity index is 608. The first-order valence-electron chi connectivity index (χ1n) is 4.53. The maximum Gasteiger partial charge on any atom is 0.137 e. The van der Waals surface area contributed by atoms with Gasteiger partial charge < -0.3 is 0 Å². The molecule has 0 saturated heterocycles. The van der Waals surface area contributed by atoms with Gasteiger partial charge in [0.05, 0.1) is 5.52 Å². The molecule has 2 aromatic heterocycles. The molecule has 0 spiro atoms. The van der Waals surface area contributed by atoms with Gasteiger partial charge in [0.1, 0.15) is 5.65 Å². The Kier molecular flexibility index (Phi) is 1.39. The Hall–Kier alpha value is -1.83. The van der Waals surface area contributed by atoms with Gasteiger partial charge in [0, 0.05) is 11.9 Å². The molecule has 3 aromatic rings. The number of hydrogen-bond acceptors (Lipinski definition) is 1. The van der Waals surface area contributed by atoms with Crippen molar-refractivity contribution in [3.63, 3.8) is 0 Å². The number of para-hydroxylation sites is 1. The van der Waals surface area contributed by atoms with E-state index in [4.69, 9.17) is 0 Å². The van der Waals surface area contributed by atoms with Gasteiger partial charge in [0.2, 0.25) is 0 Å². The smallest absolute Gasteiger partial charge is 0.137 e. The Morgan fingerprint density at radius 2 is 1.93 bits per heavy atom. The van der Waals surface area contributed by atoms with Crippen molar-refractivity contribution in [2.45, 2.75) is 0 Å². The van der Waals surface area contributed by atoms with Gasteiger partial charge in [-0.2, -0.15) is 0 Å². The van der Waals surface area contributed by atoms with Crippen LogP contribution in [0.5, 0.6) is 0 Å². The van der Waals surface area contributed by atoms with E-state index >= 15 is 0 Å². The van der Waals surface area contributed by atoms with E-state index in [9.17, 15) is 0 Å². The number of aromatic nitrogens is 2. The molecule has 0 unspecified atom stereocenters. The van der Waals surface area contributed by atoms with Crippen LogP contribution >= 0.6 is 0 Å². The third-order valence-electron chi connectivity index (χ3n) is 2.45.